The van der Waals surface area contributed by atoms with Crippen molar-refractivity contribution in [2.45, 2.75) is 19.4 Å². The summed E-state index contributed by atoms with van der Waals surface area (Å²) in [6, 6.07) is 6.67. The lowest BCUT2D eigenvalue weighted by molar-refractivity contribution is -0.139. The van der Waals surface area contributed by atoms with Crippen molar-refractivity contribution < 1.29 is 24.2 Å². The number of aliphatic carboxylic acids is 1. The molecule has 0 aromatic heterocycles. The monoisotopic (exact) mass is 352 g/mol. The molecule has 130 valence electrons. The molecule has 1 heterocycles. The number of rotatable bonds is 7. The quantitative estimate of drug-likeness (QED) is 0.751. The maximum absolute atomic E-state index is 12.2. The standard InChI is InChI=1S/C16H20N2O5S/c1-11(19)18-10-24-9-14(18)16(22)17-7-6-12-2-4-13(5-3-12)23-8-15(20)21/h2-5,14H,6-10H2,1H3,(H,17,22)(H,20,21)/t14-/m1/s1. The largest absolute Gasteiger partial charge is 0.482 e. The highest BCUT2D eigenvalue weighted by molar-refractivity contribution is 7.99. The fourth-order valence-electron chi connectivity index (χ4n) is 2.32. The highest BCUT2D eigenvalue weighted by atomic mass is 32.2. The first-order valence-corrected chi connectivity index (χ1v) is 8.69. The molecule has 0 unspecified atom stereocenters. The third kappa shape index (κ3) is 5.16. The van der Waals surface area contributed by atoms with Gasteiger partial charge in [-0.15, -0.1) is 11.8 Å². The van der Waals surface area contributed by atoms with Gasteiger partial charge in [0.25, 0.3) is 0 Å². The number of nitrogens with zero attached hydrogens (tertiary/aromatic N) is 1. The van der Waals surface area contributed by atoms with Crippen LogP contribution in [0, 0.1) is 0 Å². The van der Waals surface area contributed by atoms with E-state index in [4.69, 9.17) is 9.84 Å². The molecule has 1 saturated heterocycles. The van der Waals surface area contributed by atoms with Gasteiger partial charge in [-0.2, -0.15) is 0 Å². The molecule has 0 bridgehead atoms. The average Bonchev–Trinajstić information content (AvgIpc) is 3.04. The second kappa shape index (κ2) is 8.58. The Bertz CT molecular complexity index is 605. The van der Waals surface area contributed by atoms with E-state index in [2.05, 4.69) is 5.32 Å². The molecule has 0 aliphatic carbocycles. The highest BCUT2D eigenvalue weighted by Crippen LogP contribution is 2.20. The van der Waals surface area contributed by atoms with Crippen LogP contribution in [0.2, 0.25) is 0 Å². The van der Waals surface area contributed by atoms with Crippen LogP contribution < -0.4 is 10.1 Å². The van der Waals surface area contributed by atoms with Crippen molar-refractivity contribution in [3.8, 4) is 5.75 Å². The van der Waals surface area contributed by atoms with Gasteiger partial charge in [-0.1, -0.05) is 12.1 Å². The van der Waals surface area contributed by atoms with E-state index in [1.165, 1.54) is 6.92 Å². The molecular formula is C16H20N2O5S. The molecule has 7 nitrogen and oxygen atoms in total. The topological polar surface area (TPSA) is 95.9 Å². The molecule has 2 N–H and O–H groups in total. The fourth-order valence-corrected chi connectivity index (χ4v) is 3.53. The zero-order valence-corrected chi connectivity index (χ0v) is 14.2. The van der Waals surface area contributed by atoms with Crippen molar-refractivity contribution >= 4 is 29.5 Å². The summed E-state index contributed by atoms with van der Waals surface area (Å²) in [5.41, 5.74) is 1.00. The lowest BCUT2D eigenvalue weighted by atomic mass is 10.1. The van der Waals surface area contributed by atoms with Crippen LogP contribution in [0.1, 0.15) is 12.5 Å². The van der Waals surface area contributed by atoms with Crippen LogP contribution in [0.5, 0.6) is 5.75 Å². The van der Waals surface area contributed by atoms with E-state index in [0.717, 1.165) is 5.56 Å². The predicted molar refractivity (Wildman–Crippen MR) is 89.9 cm³/mol. The first-order valence-electron chi connectivity index (χ1n) is 7.53. The molecule has 2 amide bonds. The summed E-state index contributed by atoms with van der Waals surface area (Å²) < 4.78 is 5.06. The van der Waals surface area contributed by atoms with Gasteiger partial charge >= 0.3 is 5.97 Å². The lowest BCUT2D eigenvalue weighted by Gasteiger charge is -2.21. The van der Waals surface area contributed by atoms with Crippen LogP contribution in [-0.4, -0.2) is 58.6 Å². The van der Waals surface area contributed by atoms with E-state index in [1.54, 1.807) is 28.8 Å². The van der Waals surface area contributed by atoms with Crippen molar-refractivity contribution in [3.05, 3.63) is 29.8 Å². The number of thioether (sulfide) groups is 1. The van der Waals surface area contributed by atoms with Crippen LogP contribution in [0.15, 0.2) is 24.3 Å². The van der Waals surface area contributed by atoms with Gasteiger partial charge in [-0.05, 0) is 24.1 Å². The highest BCUT2D eigenvalue weighted by Gasteiger charge is 2.32. The van der Waals surface area contributed by atoms with Gasteiger partial charge in [0.2, 0.25) is 11.8 Å². The number of ether oxygens (including phenoxy) is 1. The zero-order chi connectivity index (χ0) is 17.5. The van der Waals surface area contributed by atoms with E-state index in [0.29, 0.717) is 30.3 Å². The summed E-state index contributed by atoms with van der Waals surface area (Å²) in [5.74, 6) is 0.442. The molecule has 8 heteroatoms. The Balaban J connectivity index is 1.76. The number of carboxylic acid groups (broad SMARTS) is 1. The van der Waals surface area contributed by atoms with E-state index < -0.39 is 5.97 Å². The third-order valence-corrected chi connectivity index (χ3v) is 4.60. The van der Waals surface area contributed by atoms with Crippen LogP contribution >= 0.6 is 11.8 Å². The van der Waals surface area contributed by atoms with E-state index in [1.807, 2.05) is 12.1 Å². The Morgan fingerprint density at radius 2 is 2.04 bits per heavy atom. The molecule has 1 aliphatic heterocycles. The van der Waals surface area contributed by atoms with Crippen molar-refractivity contribution in [2.75, 3.05) is 24.8 Å². The van der Waals surface area contributed by atoms with Gasteiger partial charge < -0.3 is 20.1 Å². The molecular weight excluding hydrogens is 332 g/mol. The zero-order valence-electron chi connectivity index (χ0n) is 13.4. The second-order valence-electron chi connectivity index (χ2n) is 5.37. The van der Waals surface area contributed by atoms with Gasteiger partial charge in [0, 0.05) is 19.2 Å². The summed E-state index contributed by atoms with van der Waals surface area (Å²) >= 11 is 1.57. The van der Waals surface area contributed by atoms with Gasteiger partial charge in [0.1, 0.15) is 11.8 Å². The van der Waals surface area contributed by atoms with E-state index >= 15 is 0 Å². The Morgan fingerprint density at radius 1 is 1.33 bits per heavy atom. The van der Waals surface area contributed by atoms with E-state index in [9.17, 15) is 14.4 Å². The van der Waals surface area contributed by atoms with Crippen LogP contribution in [-0.2, 0) is 20.8 Å². The Hall–Kier alpha value is -2.22. The number of nitrogens with one attached hydrogen (secondary N) is 1. The first kappa shape index (κ1) is 18.1. The summed E-state index contributed by atoms with van der Waals surface area (Å²) in [5, 5.41) is 11.4. The number of carbonyl (C=O) groups is 3. The minimum Gasteiger partial charge on any atom is -0.482 e. The predicted octanol–water partition coefficient (Wildman–Crippen LogP) is 0.730. The molecule has 1 atom stereocenters. The summed E-state index contributed by atoms with van der Waals surface area (Å²) in [6.07, 6.45) is 0.644. The third-order valence-electron chi connectivity index (χ3n) is 3.59. The van der Waals surface area contributed by atoms with Crippen LogP contribution in [0.4, 0.5) is 0 Å². The van der Waals surface area contributed by atoms with E-state index in [-0.39, 0.29) is 24.5 Å². The molecule has 2 rings (SSSR count). The number of benzene rings is 1. The minimum absolute atomic E-state index is 0.0860. The molecule has 1 aromatic carbocycles. The fraction of sp³-hybridized carbons (Fsp3) is 0.438. The molecule has 1 fully saturated rings. The van der Waals surface area contributed by atoms with Crippen LogP contribution in [0.25, 0.3) is 0 Å². The molecule has 1 aromatic rings. The Kier molecular flexibility index (Phi) is 6.48. The van der Waals surface area contributed by atoms with Crippen molar-refractivity contribution in [3.63, 3.8) is 0 Å². The SMILES string of the molecule is CC(=O)N1CSC[C@@H]1C(=O)NCCc1ccc(OCC(=O)O)cc1. The van der Waals surface area contributed by atoms with Crippen molar-refractivity contribution in [1.29, 1.82) is 0 Å². The number of carbonyl (C=O) groups excluding carboxylic acids is 2. The number of hydrogen-bond acceptors (Lipinski definition) is 5. The van der Waals surface area contributed by atoms with Gasteiger partial charge in [-0.25, -0.2) is 4.79 Å². The normalized spacial score (nSPS) is 16.7. The number of hydrogen-bond donors (Lipinski definition) is 2. The molecule has 1 aliphatic rings. The molecule has 24 heavy (non-hydrogen) atoms. The van der Waals surface area contributed by atoms with Crippen molar-refractivity contribution in [2.24, 2.45) is 0 Å². The maximum Gasteiger partial charge on any atom is 0.341 e. The minimum atomic E-state index is -1.02. The van der Waals surface area contributed by atoms with Gasteiger partial charge in [-0.3, -0.25) is 9.59 Å². The summed E-state index contributed by atoms with van der Waals surface area (Å²) in [7, 11) is 0. The second-order valence-corrected chi connectivity index (χ2v) is 6.37. The Morgan fingerprint density at radius 3 is 2.67 bits per heavy atom. The summed E-state index contributed by atoms with van der Waals surface area (Å²) in [4.78, 5) is 35.6. The average molecular weight is 352 g/mol. The van der Waals surface area contributed by atoms with Gasteiger partial charge in [0.15, 0.2) is 6.61 Å². The Labute approximate surface area is 144 Å². The lowest BCUT2D eigenvalue weighted by Crippen LogP contribution is -2.46. The molecule has 0 spiro atoms. The summed E-state index contributed by atoms with van der Waals surface area (Å²) in [6.45, 7) is 1.57. The van der Waals surface area contributed by atoms with Gasteiger partial charge in [0.05, 0.1) is 5.88 Å². The number of carboxylic acids is 1. The maximum atomic E-state index is 12.2. The first-order chi connectivity index (χ1) is 11.5. The van der Waals surface area contributed by atoms with Crippen LogP contribution in [0.3, 0.4) is 0 Å². The van der Waals surface area contributed by atoms with Crippen molar-refractivity contribution in [1.82, 2.24) is 10.2 Å². The molecule has 0 radical (unpaired) electrons. The number of amides is 2. The molecule has 0 saturated carbocycles. The smallest absolute Gasteiger partial charge is 0.341 e.